The fourth-order valence-electron chi connectivity index (χ4n) is 1.38. The van der Waals surface area contributed by atoms with Gasteiger partial charge in [0, 0.05) is 13.2 Å². The summed E-state index contributed by atoms with van der Waals surface area (Å²) in [4.78, 5) is 2.21. The quantitative estimate of drug-likeness (QED) is 0.319. The molecule has 1 heterocycles. The van der Waals surface area contributed by atoms with Crippen LogP contribution in [0.25, 0.3) is 0 Å². The summed E-state index contributed by atoms with van der Waals surface area (Å²) in [5.41, 5.74) is 0. The van der Waals surface area contributed by atoms with Gasteiger partial charge in [-0.25, -0.2) is 0 Å². The van der Waals surface area contributed by atoms with E-state index in [0.29, 0.717) is 18.4 Å². The van der Waals surface area contributed by atoms with Crippen molar-refractivity contribution in [2.75, 3.05) is 26.7 Å². The average molecular weight is 151 g/mol. The van der Waals surface area contributed by atoms with Gasteiger partial charge in [-0.1, -0.05) is 0 Å². The molecule has 1 aliphatic rings. The van der Waals surface area contributed by atoms with E-state index >= 15 is 0 Å². The number of rotatable bonds is 1. The van der Waals surface area contributed by atoms with Crippen LogP contribution in [-0.2, 0) is 0 Å². The summed E-state index contributed by atoms with van der Waals surface area (Å²) in [5.74, 6) is 0.843. The largest absolute Gasteiger partial charge is 1.00 e. The van der Waals surface area contributed by atoms with Gasteiger partial charge in [-0.05, 0) is 19.5 Å². The fraction of sp³-hybridized carbons (Fsp3) is 0.857. The Morgan fingerprint density at radius 3 is 2.40 bits per heavy atom. The van der Waals surface area contributed by atoms with Crippen LogP contribution in [0, 0.1) is 18.8 Å². The molecule has 2 nitrogen and oxygen atoms in total. The fourth-order valence-corrected chi connectivity index (χ4v) is 1.38. The second-order valence-corrected chi connectivity index (χ2v) is 2.92. The van der Waals surface area contributed by atoms with Gasteiger partial charge in [-0.2, -0.15) is 5.92 Å². The van der Waals surface area contributed by atoms with Crippen molar-refractivity contribution in [2.45, 2.75) is 0 Å². The van der Waals surface area contributed by atoms with E-state index in [0.717, 1.165) is 13.1 Å². The first kappa shape index (κ1) is 10.9. The molecule has 10 heavy (non-hydrogen) atoms. The summed E-state index contributed by atoms with van der Waals surface area (Å²) in [7, 11) is 2.06. The zero-order chi connectivity index (χ0) is 6.85. The van der Waals surface area contributed by atoms with Gasteiger partial charge in [0.05, 0.1) is 0 Å². The summed E-state index contributed by atoms with van der Waals surface area (Å²) in [5, 5.41) is 8.79. The molecule has 1 saturated heterocycles. The van der Waals surface area contributed by atoms with Crippen molar-refractivity contribution in [2.24, 2.45) is 11.8 Å². The summed E-state index contributed by atoms with van der Waals surface area (Å²) >= 11 is 0. The number of nitrogens with zero attached hydrogens (tertiary/aromatic N) is 1. The molecule has 0 aromatic rings. The normalized spacial score (nSPS) is 33.9. The summed E-state index contributed by atoms with van der Waals surface area (Å²) in [6, 6.07) is 0. The van der Waals surface area contributed by atoms with Crippen molar-refractivity contribution >= 4 is 0 Å². The first-order chi connectivity index (χ1) is 4.24. The maximum absolute atomic E-state index is 8.79. The van der Waals surface area contributed by atoms with Gasteiger partial charge in [0.15, 0.2) is 0 Å². The average Bonchev–Trinajstić information content (AvgIpc) is 2.10. The summed E-state index contributed by atoms with van der Waals surface area (Å²) < 4.78 is 0. The Labute approximate surface area is 84.9 Å². The monoisotopic (exact) mass is 151 g/mol. The zero-order valence-corrected chi connectivity index (χ0v) is 8.88. The summed E-state index contributed by atoms with van der Waals surface area (Å²) in [6.45, 7) is 6.27. The minimum absolute atomic E-state index is 0. The van der Waals surface area contributed by atoms with Gasteiger partial charge in [0.25, 0.3) is 0 Å². The number of likely N-dealkylation sites (tertiary alicyclic amines) is 1. The topological polar surface area (TPSA) is 23.5 Å². The Hall–Kier alpha value is 0.920. The molecule has 0 radical (unpaired) electrons. The van der Waals surface area contributed by atoms with Gasteiger partial charge >= 0.3 is 29.6 Å². The van der Waals surface area contributed by atoms with Crippen molar-refractivity contribution in [3.8, 4) is 0 Å². The van der Waals surface area contributed by atoms with E-state index in [1.165, 1.54) is 0 Å². The minimum Gasteiger partial charge on any atom is -0.396 e. The van der Waals surface area contributed by atoms with E-state index < -0.39 is 0 Å². The second-order valence-electron chi connectivity index (χ2n) is 2.92. The van der Waals surface area contributed by atoms with E-state index in [2.05, 4.69) is 18.9 Å². The number of aliphatic hydroxyl groups excluding tert-OH is 1. The number of hydrogen-bond acceptors (Lipinski definition) is 2. The van der Waals surface area contributed by atoms with Crippen LogP contribution in [0.15, 0.2) is 0 Å². The van der Waals surface area contributed by atoms with Crippen molar-refractivity contribution in [1.29, 1.82) is 0 Å². The Bertz CT molecular complexity index is 99.6. The van der Waals surface area contributed by atoms with E-state index in [4.69, 9.17) is 5.11 Å². The predicted octanol–water partition coefficient (Wildman–Crippen LogP) is -3.01. The van der Waals surface area contributed by atoms with Crippen LogP contribution >= 0.6 is 0 Å². The zero-order valence-electron chi connectivity index (χ0n) is 6.88. The standard InChI is InChI=1S/C7H14NO.Na/c1-6-3-8(2)4-7(6)5-9;/h6-7,9H,1,3-5H2,2H3;/q-1;+1. The molecule has 0 amide bonds. The third-order valence-corrected chi connectivity index (χ3v) is 1.99. The van der Waals surface area contributed by atoms with Crippen molar-refractivity contribution < 1.29 is 34.7 Å². The maximum Gasteiger partial charge on any atom is 1.00 e. The predicted molar refractivity (Wildman–Crippen MR) is 36.9 cm³/mol. The molecule has 3 heteroatoms. The SMILES string of the molecule is [CH2-]C1CN(C)CC1CO.[Na+]. The molecule has 0 aromatic carbocycles. The molecule has 0 aliphatic carbocycles. The number of aliphatic hydroxyl groups is 1. The maximum atomic E-state index is 8.79. The van der Waals surface area contributed by atoms with Crippen molar-refractivity contribution in [1.82, 2.24) is 4.90 Å². The Balaban J connectivity index is 0.000000810. The molecule has 1 N–H and O–H groups in total. The van der Waals surface area contributed by atoms with Crippen LogP contribution < -0.4 is 29.6 Å². The molecule has 2 unspecified atom stereocenters. The van der Waals surface area contributed by atoms with Crippen molar-refractivity contribution in [3.63, 3.8) is 0 Å². The Morgan fingerprint density at radius 2 is 2.20 bits per heavy atom. The molecule has 0 saturated carbocycles. The first-order valence-corrected chi connectivity index (χ1v) is 3.36. The second kappa shape index (κ2) is 4.73. The van der Waals surface area contributed by atoms with Gasteiger partial charge in [0.1, 0.15) is 0 Å². The van der Waals surface area contributed by atoms with Crippen LogP contribution in [0.1, 0.15) is 0 Å². The van der Waals surface area contributed by atoms with Crippen LogP contribution in [0.5, 0.6) is 0 Å². The molecular weight excluding hydrogens is 137 g/mol. The smallest absolute Gasteiger partial charge is 0.396 e. The molecule has 0 spiro atoms. The van der Waals surface area contributed by atoms with Crippen molar-refractivity contribution in [3.05, 3.63) is 6.92 Å². The number of hydrogen-bond donors (Lipinski definition) is 1. The molecule has 2 atom stereocenters. The third-order valence-electron chi connectivity index (χ3n) is 1.99. The van der Waals surface area contributed by atoms with Gasteiger partial charge in [-0.15, -0.1) is 0 Å². The van der Waals surface area contributed by atoms with Crippen LogP contribution in [0.3, 0.4) is 0 Å². The van der Waals surface area contributed by atoms with Gasteiger partial charge < -0.3 is 16.9 Å². The summed E-state index contributed by atoms with van der Waals surface area (Å²) in [6.07, 6.45) is 0. The van der Waals surface area contributed by atoms with Crippen LogP contribution in [-0.4, -0.2) is 36.8 Å². The molecular formula is C7H14NNaO. The van der Waals surface area contributed by atoms with Crippen LogP contribution in [0.4, 0.5) is 0 Å². The first-order valence-electron chi connectivity index (χ1n) is 3.36. The van der Waals surface area contributed by atoms with Gasteiger partial charge in [0.2, 0.25) is 0 Å². The van der Waals surface area contributed by atoms with Crippen LogP contribution in [0.2, 0.25) is 0 Å². The minimum atomic E-state index is 0. The molecule has 1 rings (SSSR count). The van der Waals surface area contributed by atoms with E-state index in [1.807, 2.05) is 0 Å². The molecule has 1 fully saturated rings. The Morgan fingerprint density at radius 1 is 1.60 bits per heavy atom. The van der Waals surface area contributed by atoms with E-state index in [-0.39, 0.29) is 29.6 Å². The Kier molecular flexibility index (Phi) is 5.16. The van der Waals surface area contributed by atoms with E-state index in [1.54, 1.807) is 0 Å². The molecule has 0 aromatic heterocycles. The van der Waals surface area contributed by atoms with E-state index in [9.17, 15) is 0 Å². The molecule has 0 bridgehead atoms. The molecule has 1 aliphatic heterocycles. The van der Waals surface area contributed by atoms with Gasteiger partial charge in [-0.3, -0.25) is 0 Å². The third kappa shape index (κ3) is 2.51. The molecule has 54 valence electrons.